The molecule has 7 heteroatoms. The van der Waals surface area contributed by atoms with E-state index in [0.717, 1.165) is 0 Å². The minimum absolute atomic E-state index is 0.354. The summed E-state index contributed by atoms with van der Waals surface area (Å²) in [5.74, 6) is 0. The maximum Gasteiger partial charge on any atom is 0.0145 e. The highest BCUT2D eigenvalue weighted by atomic mass is 30.3. The highest BCUT2D eigenvalue weighted by Crippen LogP contribution is 1.92. The standard InChI is InChI=1S/C2H6Si7/c1-3-8-6-5-7-9(8)4-2/h1-2H3. The van der Waals surface area contributed by atoms with Gasteiger partial charge in [0.2, 0.25) is 0 Å². The van der Waals surface area contributed by atoms with Crippen LogP contribution in [-0.4, -0.2) is 58.4 Å². The van der Waals surface area contributed by atoms with E-state index in [2.05, 4.69) is 13.1 Å². The lowest BCUT2D eigenvalue weighted by Crippen LogP contribution is -2.45. The average Bonchev–Trinajstić information content (AvgIpc) is 2.33. The predicted molar refractivity (Wildman–Crippen MR) is 52.0 cm³/mol. The van der Waals surface area contributed by atoms with Gasteiger partial charge < -0.3 is 0 Å². The Labute approximate surface area is 71.4 Å². The Morgan fingerprint density at radius 3 is 1.78 bits per heavy atom. The minimum Gasteiger partial charge on any atom is -0.0761 e. The van der Waals surface area contributed by atoms with E-state index >= 15 is 0 Å². The molecule has 0 aromatic rings. The zero-order valence-corrected chi connectivity index (χ0v) is 12.5. The fraction of sp³-hybridized carbons (Fsp3) is 1.00. The zero-order valence-electron chi connectivity index (χ0n) is 5.50. The molecule has 12 radical (unpaired) electrons. The number of hydrogen-bond donors (Lipinski definition) is 0. The fourth-order valence-electron chi connectivity index (χ4n) is 0.656. The Hall–Kier alpha value is 1.52. The summed E-state index contributed by atoms with van der Waals surface area (Å²) in [6.45, 7) is 4.90. The van der Waals surface area contributed by atoms with Crippen LogP contribution in [0.1, 0.15) is 0 Å². The van der Waals surface area contributed by atoms with E-state index in [4.69, 9.17) is 0 Å². The summed E-state index contributed by atoms with van der Waals surface area (Å²) in [6, 6.07) is 0. The van der Waals surface area contributed by atoms with Gasteiger partial charge in [-0.2, -0.15) is 0 Å². The monoisotopic (exact) mass is 226 g/mol. The van der Waals surface area contributed by atoms with Gasteiger partial charge in [0.15, 0.2) is 0 Å². The summed E-state index contributed by atoms with van der Waals surface area (Å²) >= 11 is 0. The molecule has 0 aliphatic carbocycles. The van der Waals surface area contributed by atoms with Crippen molar-refractivity contribution in [2.45, 2.75) is 13.1 Å². The van der Waals surface area contributed by atoms with Gasteiger partial charge in [0, 0.05) is 58.4 Å². The first kappa shape index (κ1) is 8.61. The summed E-state index contributed by atoms with van der Waals surface area (Å²) in [7, 11) is 7.89. The topological polar surface area (TPSA) is 0 Å². The maximum absolute atomic E-state index is 2.45. The second-order valence-electron chi connectivity index (χ2n) is 1.62. The Bertz CT molecular complexity index is 73.0. The van der Waals surface area contributed by atoms with Gasteiger partial charge in [0.1, 0.15) is 0 Å². The van der Waals surface area contributed by atoms with E-state index in [0.29, 0.717) is 14.7 Å². The smallest absolute Gasteiger partial charge is 0.0145 e. The molecule has 42 valence electrons. The molecule has 0 unspecified atom stereocenters. The summed E-state index contributed by atoms with van der Waals surface area (Å²) in [4.78, 5) is 0. The Balaban J connectivity index is 2.32. The summed E-state index contributed by atoms with van der Waals surface area (Å²) in [6.07, 6.45) is 0. The lowest BCUT2D eigenvalue weighted by atomic mass is 11.9. The van der Waals surface area contributed by atoms with Crippen molar-refractivity contribution in [3.63, 3.8) is 0 Å². The van der Waals surface area contributed by atoms with Crippen molar-refractivity contribution in [2.24, 2.45) is 0 Å². The third-order valence-electron chi connectivity index (χ3n) is 1.12. The van der Waals surface area contributed by atoms with Gasteiger partial charge in [-0.25, -0.2) is 0 Å². The molecule has 0 N–H and O–H groups in total. The van der Waals surface area contributed by atoms with Gasteiger partial charge in [-0.1, -0.05) is 13.1 Å². The first-order valence-electron chi connectivity index (χ1n) is 2.75. The van der Waals surface area contributed by atoms with Crippen LogP contribution in [-0.2, 0) is 0 Å². The molecule has 1 aliphatic heterocycles. The van der Waals surface area contributed by atoms with Crippen LogP contribution in [0.25, 0.3) is 0 Å². The molecule has 0 aromatic carbocycles. The molecule has 1 heterocycles. The molecule has 1 rings (SSSR count). The molecule has 0 saturated carbocycles. The Kier molecular flexibility index (Phi) is 4.22. The van der Waals surface area contributed by atoms with Crippen molar-refractivity contribution >= 4 is 58.4 Å². The fourth-order valence-corrected chi connectivity index (χ4v) is 98.7. The van der Waals surface area contributed by atoms with Gasteiger partial charge in [-0.15, -0.1) is 0 Å². The number of hydrogen-bond acceptors (Lipinski definition) is 0. The van der Waals surface area contributed by atoms with Gasteiger partial charge in [-0.05, 0) is 0 Å². The van der Waals surface area contributed by atoms with Crippen LogP contribution in [0.5, 0.6) is 0 Å². The van der Waals surface area contributed by atoms with Crippen LogP contribution in [0.2, 0.25) is 13.1 Å². The molecule has 1 saturated heterocycles. The first-order chi connectivity index (χ1) is 4.38. The normalized spacial score (nSPS) is 23.3. The van der Waals surface area contributed by atoms with Crippen molar-refractivity contribution in [3.8, 4) is 0 Å². The quantitative estimate of drug-likeness (QED) is 0.503. The van der Waals surface area contributed by atoms with E-state index in [1.54, 1.807) is 0 Å². The summed E-state index contributed by atoms with van der Waals surface area (Å²) in [5, 5.41) is 0. The van der Waals surface area contributed by atoms with Gasteiger partial charge in [0.05, 0.1) is 0 Å². The second kappa shape index (κ2) is 4.41. The molecule has 1 aliphatic rings. The van der Waals surface area contributed by atoms with E-state index in [9.17, 15) is 0 Å². The molecular weight excluding hydrogens is 221 g/mol. The highest BCUT2D eigenvalue weighted by Gasteiger charge is 2.27. The van der Waals surface area contributed by atoms with E-state index < -0.39 is 0 Å². The molecule has 0 amide bonds. The molecule has 0 spiro atoms. The van der Waals surface area contributed by atoms with Crippen LogP contribution in [0, 0.1) is 0 Å². The lowest BCUT2D eigenvalue weighted by molar-refractivity contribution is 2.35. The van der Waals surface area contributed by atoms with Crippen LogP contribution in [0.4, 0.5) is 0 Å². The molecule has 1 fully saturated rings. The molecule has 9 heavy (non-hydrogen) atoms. The average molecular weight is 227 g/mol. The van der Waals surface area contributed by atoms with Crippen molar-refractivity contribution in [1.82, 2.24) is 0 Å². The largest absolute Gasteiger partial charge is 0.0761 e. The second-order valence-corrected chi connectivity index (χ2v) is 34.9. The van der Waals surface area contributed by atoms with Crippen LogP contribution in [0.15, 0.2) is 0 Å². The van der Waals surface area contributed by atoms with Gasteiger partial charge in [0.25, 0.3) is 0 Å². The van der Waals surface area contributed by atoms with Gasteiger partial charge in [-0.3, -0.25) is 0 Å². The van der Waals surface area contributed by atoms with Crippen LogP contribution in [0.3, 0.4) is 0 Å². The van der Waals surface area contributed by atoms with E-state index in [1.165, 1.54) is 43.7 Å². The maximum atomic E-state index is 2.45. The van der Waals surface area contributed by atoms with Crippen LogP contribution >= 0.6 is 0 Å². The van der Waals surface area contributed by atoms with Crippen molar-refractivity contribution in [2.75, 3.05) is 0 Å². The molecular formula is C2H6Si7. The SMILES string of the molecule is C[Si][Si]1[Si][Si][Si][Si]1[Si]C. The van der Waals surface area contributed by atoms with E-state index in [-0.39, 0.29) is 0 Å². The summed E-state index contributed by atoms with van der Waals surface area (Å²) in [5.41, 5.74) is 0. The molecule has 0 atom stereocenters. The molecule has 0 aromatic heterocycles. The summed E-state index contributed by atoms with van der Waals surface area (Å²) < 4.78 is 0. The van der Waals surface area contributed by atoms with Gasteiger partial charge >= 0.3 is 0 Å². The Morgan fingerprint density at radius 1 is 1.00 bits per heavy atom. The Morgan fingerprint density at radius 2 is 1.44 bits per heavy atom. The first-order valence-corrected chi connectivity index (χ1v) is 18.8. The lowest BCUT2D eigenvalue weighted by Gasteiger charge is -2.09. The highest BCUT2D eigenvalue weighted by molar-refractivity contribution is 7.99. The molecule has 0 nitrogen and oxygen atoms in total. The zero-order chi connectivity index (χ0) is 6.69. The van der Waals surface area contributed by atoms with Crippen LogP contribution < -0.4 is 0 Å². The third-order valence-corrected chi connectivity index (χ3v) is 64.1. The van der Waals surface area contributed by atoms with E-state index in [1.807, 2.05) is 0 Å². The van der Waals surface area contributed by atoms with Crippen molar-refractivity contribution in [1.29, 1.82) is 0 Å². The van der Waals surface area contributed by atoms with Crippen molar-refractivity contribution in [3.05, 3.63) is 0 Å². The molecule has 0 bridgehead atoms. The predicted octanol–water partition coefficient (Wildman–Crippen LogP) is -1.50. The van der Waals surface area contributed by atoms with Crippen molar-refractivity contribution < 1.29 is 0 Å². The third kappa shape index (κ3) is 2.23. The number of rotatable bonds is 2. The minimum atomic E-state index is 0.354.